The first-order valence-electron chi connectivity index (χ1n) is 9.53. The van der Waals surface area contributed by atoms with Crippen LogP contribution in [-0.4, -0.2) is 30.4 Å². The van der Waals surface area contributed by atoms with Gasteiger partial charge in [0.25, 0.3) is 0 Å². The summed E-state index contributed by atoms with van der Waals surface area (Å²) in [5.74, 6) is 2.68. The average Bonchev–Trinajstić information content (AvgIpc) is 2.79. The summed E-state index contributed by atoms with van der Waals surface area (Å²) in [6.45, 7) is 2.06. The van der Waals surface area contributed by atoms with Gasteiger partial charge in [0.2, 0.25) is 0 Å². The van der Waals surface area contributed by atoms with E-state index in [1.165, 1.54) is 5.56 Å². The molecule has 6 nitrogen and oxygen atoms in total. The third-order valence-corrected chi connectivity index (χ3v) is 4.73. The van der Waals surface area contributed by atoms with Crippen molar-refractivity contribution in [2.24, 2.45) is 5.10 Å². The predicted molar refractivity (Wildman–Crippen MR) is 120 cm³/mol. The van der Waals surface area contributed by atoms with E-state index in [9.17, 15) is 0 Å². The van der Waals surface area contributed by atoms with Gasteiger partial charge in [-0.05, 0) is 31.2 Å². The lowest BCUT2D eigenvalue weighted by atomic mass is 10.1. The van der Waals surface area contributed by atoms with Gasteiger partial charge in [0.15, 0.2) is 11.6 Å². The lowest BCUT2D eigenvalue weighted by Gasteiger charge is -2.09. The highest BCUT2D eigenvalue weighted by molar-refractivity contribution is 5.91. The maximum atomic E-state index is 5.42. The second-order valence-electron chi connectivity index (χ2n) is 6.76. The van der Waals surface area contributed by atoms with E-state index in [1.807, 2.05) is 54.6 Å². The first-order chi connectivity index (χ1) is 14.7. The summed E-state index contributed by atoms with van der Waals surface area (Å²) < 4.78 is 10.7. The third kappa shape index (κ3) is 4.07. The second-order valence-corrected chi connectivity index (χ2v) is 6.76. The number of aryl methyl sites for hydroxylation is 1. The molecule has 30 heavy (non-hydrogen) atoms. The molecule has 0 unspecified atom stereocenters. The molecule has 0 fully saturated rings. The monoisotopic (exact) mass is 398 g/mol. The molecular weight excluding hydrogens is 376 g/mol. The van der Waals surface area contributed by atoms with E-state index in [1.54, 1.807) is 20.4 Å². The molecule has 0 aliphatic rings. The molecule has 1 N–H and O–H groups in total. The number of anilines is 1. The normalized spacial score (nSPS) is 11.0. The number of hydrogen-bond donors (Lipinski definition) is 1. The molecule has 0 aliphatic heterocycles. The van der Waals surface area contributed by atoms with Crippen molar-refractivity contribution in [3.63, 3.8) is 0 Å². The minimum atomic E-state index is 0.639. The Morgan fingerprint density at radius 3 is 2.47 bits per heavy atom. The fraction of sp³-hybridized carbons (Fsp3) is 0.125. The molecule has 4 aromatic rings. The van der Waals surface area contributed by atoms with Crippen molar-refractivity contribution in [3.8, 4) is 22.9 Å². The van der Waals surface area contributed by atoms with Gasteiger partial charge in [-0.25, -0.2) is 9.97 Å². The highest BCUT2D eigenvalue weighted by atomic mass is 16.5. The van der Waals surface area contributed by atoms with Crippen LogP contribution < -0.4 is 14.9 Å². The summed E-state index contributed by atoms with van der Waals surface area (Å²) in [7, 11) is 3.24. The van der Waals surface area contributed by atoms with E-state index in [0.29, 0.717) is 17.4 Å². The van der Waals surface area contributed by atoms with Crippen LogP contribution in [-0.2, 0) is 0 Å². The van der Waals surface area contributed by atoms with Crippen molar-refractivity contribution in [3.05, 3.63) is 77.9 Å². The zero-order chi connectivity index (χ0) is 20.9. The predicted octanol–water partition coefficient (Wildman–Crippen LogP) is 5.07. The lowest BCUT2D eigenvalue weighted by molar-refractivity contribution is 0.394. The Hall–Kier alpha value is -3.93. The van der Waals surface area contributed by atoms with Gasteiger partial charge in [-0.1, -0.05) is 42.0 Å². The van der Waals surface area contributed by atoms with Crippen LogP contribution in [0.15, 0.2) is 71.8 Å². The van der Waals surface area contributed by atoms with Gasteiger partial charge in [-0.15, -0.1) is 0 Å². The average molecular weight is 398 g/mol. The topological polar surface area (TPSA) is 68.6 Å². The van der Waals surface area contributed by atoms with Crippen molar-refractivity contribution in [2.45, 2.75) is 6.92 Å². The Morgan fingerprint density at radius 1 is 0.900 bits per heavy atom. The number of para-hydroxylation sites is 1. The van der Waals surface area contributed by atoms with Crippen molar-refractivity contribution in [1.29, 1.82) is 0 Å². The maximum absolute atomic E-state index is 5.42. The Bertz CT molecular complexity index is 1200. The third-order valence-electron chi connectivity index (χ3n) is 4.73. The standard InChI is InChI=1S/C24H22N4O2/c1-16-8-10-17(11-9-16)23-26-21-7-5-4-6-20(21)24(27-23)28-25-15-18-12-13-19(29-2)14-22(18)30-3/h4-15H,1-3H3,(H,26,27,28)/b25-15-. The molecule has 0 saturated heterocycles. The summed E-state index contributed by atoms with van der Waals surface area (Å²) in [5, 5.41) is 5.28. The molecule has 150 valence electrons. The van der Waals surface area contributed by atoms with E-state index in [-0.39, 0.29) is 0 Å². The van der Waals surface area contributed by atoms with Gasteiger partial charge < -0.3 is 9.47 Å². The highest BCUT2D eigenvalue weighted by Crippen LogP contribution is 2.26. The molecule has 1 heterocycles. The number of benzene rings is 3. The first kappa shape index (κ1) is 19.4. The first-order valence-corrected chi connectivity index (χ1v) is 9.53. The lowest BCUT2D eigenvalue weighted by Crippen LogP contribution is -2.00. The number of hydrogen-bond acceptors (Lipinski definition) is 6. The molecular formula is C24H22N4O2. The largest absolute Gasteiger partial charge is 0.497 e. The van der Waals surface area contributed by atoms with Crippen molar-refractivity contribution in [1.82, 2.24) is 9.97 Å². The van der Waals surface area contributed by atoms with Crippen molar-refractivity contribution in [2.75, 3.05) is 19.6 Å². The van der Waals surface area contributed by atoms with E-state index < -0.39 is 0 Å². The Kier molecular flexibility index (Phi) is 5.57. The number of nitrogens with one attached hydrogen (secondary N) is 1. The fourth-order valence-corrected chi connectivity index (χ4v) is 3.08. The molecule has 4 rings (SSSR count). The SMILES string of the molecule is COc1ccc(/C=N\Nc2nc(-c3ccc(C)cc3)nc3ccccc23)c(OC)c1. The number of fused-ring (bicyclic) bond motifs is 1. The summed E-state index contributed by atoms with van der Waals surface area (Å²) in [6.07, 6.45) is 1.70. The summed E-state index contributed by atoms with van der Waals surface area (Å²) in [4.78, 5) is 9.43. The molecule has 3 aromatic carbocycles. The minimum Gasteiger partial charge on any atom is -0.497 e. The molecule has 0 radical (unpaired) electrons. The van der Waals surface area contributed by atoms with E-state index >= 15 is 0 Å². The van der Waals surface area contributed by atoms with Crippen LogP contribution in [0.5, 0.6) is 11.5 Å². The molecule has 0 bridgehead atoms. The summed E-state index contributed by atoms with van der Waals surface area (Å²) in [5.41, 5.74) is 6.89. The zero-order valence-corrected chi connectivity index (χ0v) is 17.1. The van der Waals surface area contributed by atoms with Gasteiger partial charge in [0, 0.05) is 22.6 Å². The molecule has 0 spiro atoms. The molecule has 0 amide bonds. The Balaban J connectivity index is 1.68. The number of aromatic nitrogens is 2. The fourth-order valence-electron chi connectivity index (χ4n) is 3.08. The van der Waals surface area contributed by atoms with Crippen LogP contribution >= 0.6 is 0 Å². The quantitative estimate of drug-likeness (QED) is 0.363. The van der Waals surface area contributed by atoms with Gasteiger partial charge in [0.05, 0.1) is 26.0 Å². The second kappa shape index (κ2) is 8.61. The van der Waals surface area contributed by atoms with Crippen LogP contribution in [0.4, 0.5) is 5.82 Å². The summed E-state index contributed by atoms with van der Waals surface area (Å²) >= 11 is 0. The van der Waals surface area contributed by atoms with Crippen LogP contribution in [0.3, 0.4) is 0 Å². The highest BCUT2D eigenvalue weighted by Gasteiger charge is 2.09. The number of ether oxygens (including phenoxy) is 2. The number of rotatable bonds is 6. The molecule has 1 aromatic heterocycles. The van der Waals surface area contributed by atoms with Gasteiger partial charge in [0.1, 0.15) is 11.5 Å². The number of methoxy groups -OCH3 is 2. The smallest absolute Gasteiger partial charge is 0.162 e. The Labute approximate surface area is 175 Å². The summed E-state index contributed by atoms with van der Waals surface area (Å²) in [6, 6.07) is 21.6. The van der Waals surface area contributed by atoms with Gasteiger partial charge in [-0.3, -0.25) is 5.43 Å². The van der Waals surface area contributed by atoms with E-state index in [0.717, 1.165) is 27.8 Å². The molecule has 6 heteroatoms. The number of nitrogens with zero attached hydrogens (tertiary/aromatic N) is 3. The number of hydrazone groups is 1. The van der Waals surface area contributed by atoms with Crippen LogP contribution in [0, 0.1) is 6.92 Å². The van der Waals surface area contributed by atoms with Gasteiger partial charge in [-0.2, -0.15) is 5.10 Å². The van der Waals surface area contributed by atoms with Gasteiger partial charge >= 0.3 is 0 Å². The van der Waals surface area contributed by atoms with E-state index in [4.69, 9.17) is 19.4 Å². The molecule has 0 atom stereocenters. The van der Waals surface area contributed by atoms with Crippen molar-refractivity contribution >= 4 is 22.9 Å². The van der Waals surface area contributed by atoms with Crippen LogP contribution in [0.2, 0.25) is 0 Å². The Morgan fingerprint density at radius 2 is 1.70 bits per heavy atom. The van der Waals surface area contributed by atoms with Crippen molar-refractivity contribution < 1.29 is 9.47 Å². The van der Waals surface area contributed by atoms with E-state index in [2.05, 4.69) is 29.6 Å². The maximum Gasteiger partial charge on any atom is 0.162 e. The molecule has 0 saturated carbocycles. The minimum absolute atomic E-state index is 0.639. The van der Waals surface area contributed by atoms with Crippen LogP contribution in [0.25, 0.3) is 22.3 Å². The zero-order valence-electron chi connectivity index (χ0n) is 17.1. The molecule has 0 aliphatic carbocycles. The van der Waals surface area contributed by atoms with Crippen LogP contribution in [0.1, 0.15) is 11.1 Å².